The average molecular weight is 556 g/mol. The highest BCUT2D eigenvalue weighted by atomic mass is 16.2. The number of primary amides is 2. The smallest absolute Gasteiger partial charge is 0.248 e. The minimum atomic E-state index is -0.944. The Hall–Kier alpha value is -4.63. The van der Waals surface area contributed by atoms with E-state index < -0.39 is 23.3 Å². The SMILES string of the molecule is CC[C@@H](CC1(c2nn[nH]n2)c2ccc(C(N)=O)cc2CCc2cc(C(N)=O)ccc21)NCC(=O)N1CCC[C@H]1C#N. The topological polar surface area (TPSA) is 197 Å². The summed E-state index contributed by atoms with van der Waals surface area (Å²) in [6.45, 7) is 2.69. The first-order valence-corrected chi connectivity index (χ1v) is 13.8. The number of nitriles is 1. The van der Waals surface area contributed by atoms with Gasteiger partial charge in [-0.3, -0.25) is 14.4 Å². The maximum Gasteiger partial charge on any atom is 0.248 e. The third kappa shape index (κ3) is 5.16. The minimum absolute atomic E-state index is 0.0833. The Morgan fingerprint density at radius 1 is 1.12 bits per heavy atom. The van der Waals surface area contributed by atoms with Crippen molar-refractivity contribution in [3.8, 4) is 6.07 Å². The maximum atomic E-state index is 13.1. The lowest BCUT2D eigenvalue weighted by Crippen LogP contribution is -2.46. The van der Waals surface area contributed by atoms with E-state index in [0.29, 0.717) is 55.6 Å². The molecule has 212 valence electrons. The number of nitrogens with two attached hydrogens (primary N) is 2. The van der Waals surface area contributed by atoms with Crippen LogP contribution in [-0.2, 0) is 23.1 Å². The number of benzene rings is 2. The number of amides is 3. The van der Waals surface area contributed by atoms with Gasteiger partial charge in [0.25, 0.3) is 0 Å². The molecule has 12 nitrogen and oxygen atoms in total. The number of tetrazole rings is 1. The largest absolute Gasteiger partial charge is 0.366 e. The standard InChI is InChI=1S/C29H33N9O3/c1-2-21(33-16-25(39)38-11-3-4-22(38)15-30)14-29(28-34-36-37-35-28)23-9-7-19(26(31)40)12-17(23)5-6-18-13-20(27(32)41)8-10-24(18)29/h7-10,12-13,21-22,33H,2-6,11,14,16H2,1H3,(H2,31,40)(H2,32,41)(H,34,35,36,37)/t21-,22-/m0/s1. The number of fused-ring (bicyclic) bond motifs is 2. The number of hydrogen-bond acceptors (Lipinski definition) is 8. The van der Waals surface area contributed by atoms with Crippen molar-refractivity contribution in [2.45, 2.75) is 62.9 Å². The van der Waals surface area contributed by atoms with Gasteiger partial charge in [-0.1, -0.05) is 24.3 Å². The van der Waals surface area contributed by atoms with Gasteiger partial charge in [0.15, 0.2) is 5.82 Å². The van der Waals surface area contributed by atoms with Crippen LogP contribution in [0.4, 0.5) is 0 Å². The number of aryl methyl sites for hydroxylation is 2. The Labute approximate surface area is 237 Å². The summed E-state index contributed by atoms with van der Waals surface area (Å²) in [6.07, 6.45) is 3.80. The van der Waals surface area contributed by atoms with Crippen LogP contribution >= 0.6 is 0 Å². The van der Waals surface area contributed by atoms with E-state index in [1.54, 1.807) is 29.2 Å². The van der Waals surface area contributed by atoms with Gasteiger partial charge in [0, 0.05) is 23.7 Å². The molecule has 2 atom stereocenters. The highest BCUT2D eigenvalue weighted by molar-refractivity contribution is 5.94. The summed E-state index contributed by atoms with van der Waals surface area (Å²) in [5.74, 6) is -0.740. The highest BCUT2D eigenvalue weighted by Gasteiger charge is 2.46. The zero-order valence-electron chi connectivity index (χ0n) is 22.9. The van der Waals surface area contributed by atoms with Crippen LogP contribution in [-0.4, -0.2) is 68.4 Å². The van der Waals surface area contributed by atoms with Crippen LogP contribution < -0.4 is 16.8 Å². The van der Waals surface area contributed by atoms with Crippen molar-refractivity contribution in [1.82, 2.24) is 30.8 Å². The lowest BCUT2D eigenvalue weighted by molar-refractivity contribution is -0.130. The van der Waals surface area contributed by atoms with Crippen LogP contribution in [0.1, 0.15) is 81.4 Å². The summed E-state index contributed by atoms with van der Waals surface area (Å²) < 4.78 is 0. The average Bonchev–Trinajstić information content (AvgIpc) is 3.67. The first kappa shape index (κ1) is 27.9. The zero-order valence-corrected chi connectivity index (χ0v) is 22.9. The maximum absolute atomic E-state index is 13.1. The normalized spacial score (nSPS) is 18.0. The Balaban J connectivity index is 1.61. The molecule has 12 heteroatoms. The molecule has 3 aromatic rings. The van der Waals surface area contributed by atoms with Crippen LogP contribution in [0, 0.1) is 11.3 Å². The quantitative estimate of drug-likeness (QED) is 0.301. The van der Waals surface area contributed by atoms with Crippen molar-refractivity contribution in [3.05, 3.63) is 75.6 Å². The number of aromatic nitrogens is 4. The van der Waals surface area contributed by atoms with Gasteiger partial charge >= 0.3 is 0 Å². The minimum Gasteiger partial charge on any atom is -0.366 e. The number of hydrogen-bond donors (Lipinski definition) is 4. The Bertz CT molecular complexity index is 1450. The molecule has 0 bridgehead atoms. The monoisotopic (exact) mass is 555 g/mol. The van der Waals surface area contributed by atoms with Gasteiger partial charge in [0.1, 0.15) is 6.04 Å². The molecule has 0 unspecified atom stereocenters. The van der Waals surface area contributed by atoms with E-state index in [4.69, 9.17) is 11.5 Å². The molecule has 2 heterocycles. The second-order valence-electron chi connectivity index (χ2n) is 10.7. The molecule has 2 aromatic carbocycles. The molecule has 41 heavy (non-hydrogen) atoms. The van der Waals surface area contributed by atoms with Crippen molar-refractivity contribution in [2.75, 3.05) is 13.1 Å². The predicted molar refractivity (Wildman–Crippen MR) is 148 cm³/mol. The summed E-state index contributed by atoms with van der Waals surface area (Å²) in [5.41, 5.74) is 14.7. The summed E-state index contributed by atoms with van der Waals surface area (Å²) in [4.78, 5) is 38.9. The summed E-state index contributed by atoms with van der Waals surface area (Å²) in [6, 6.07) is 12.5. The third-order valence-corrected chi connectivity index (χ3v) is 8.40. The number of aromatic amines is 1. The predicted octanol–water partition coefficient (Wildman–Crippen LogP) is 1.10. The van der Waals surface area contributed by atoms with Crippen molar-refractivity contribution in [3.63, 3.8) is 0 Å². The number of H-pyrrole nitrogens is 1. The van der Waals surface area contributed by atoms with E-state index in [-0.39, 0.29) is 18.5 Å². The number of carbonyl (C=O) groups excluding carboxylic acids is 3. The van der Waals surface area contributed by atoms with Gasteiger partial charge in [-0.25, -0.2) is 0 Å². The summed E-state index contributed by atoms with van der Waals surface area (Å²) in [7, 11) is 0. The Morgan fingerprint density at radius 3 is 2.27 bits per heavy atom. The van der Waals surface area contributed by atoms with E-state index in [1.165, 1.54) is 0 Å². The molecule has 0 saturated carbocycles. The van der Waals surface area contributed by atoms with Crippen LogP contribution in [0.25, 0.3) is 0 Å². The lowest BCUT2D eigenvalue weighted by Gasteiger charge is -2.37. The van der Waals surface area contributed by atoms with Crippen molar-refractivity contribution in [1.29, 1.82) is 5.26 Å². The Kier molecular flexibility index (Phi) is 7.81. The van der Waals surface area contributed by atoms with Crippen LogP contribution in [0.15, 0.2) is 36.4 Å². The molecule has 6 N–H and O–H groups in total. The van der Waals surface area contributed by atoms with Gasteiger partial charge in [-0.05, 0) is 85.0 Å². The molecule has 1 saturated heterocycles. The molecule has 3 amide bonds. The molecule has 0 spiro atoms. The summed E-state index contributed by atoms with van der Waals surface area (Å²) in [5, 5.41) is 28.3. The first-order chi connectivity index (χ1) is 19.8. The highest BCUT2D eigenvalue weighted by Crippen LogP contribution is 2.47. The number of carbonyl (C=O) groups is 3. The van der Waals surface area contributed by atoms with Gasteiger partial charge in [0.2, 0.25) is 17.7 Å². The number of likely N-dealkylation sites (tertiary alicyclic amines) is 1. The van der Waals surface area contributed by atoms with Gasteiger partial charge in [-0.15, -0.1) is 10.2 Å². The van der Waals surface area contributed by atoms with E-state index in [9.17, 15) is 19.6 Å². The van der Waals surface area contributed by atoms with Crippen LogP contribution in [0.5, 0.6) is 0 Å². The fraction of sp³-hybridized carbons (Fsp3) is 0.414. The van der Waals surface area contributed by atoms with Gasteiger partial charge in [-0.2, -0.15) is 10.5 Å². The molecule has 1 aromatic heterocycles. The Morgan fingerprint density at radius 2 is 1.76 bits per heavy atom. The second-order valence-corrected chi connectivity index (χ2v) is 10.7. The van der Waals surface area contributed by atoms with Crippen molar-refractivity contribution < 1.29 is 14.4 Å². The van der Waals surface area contributed by atoms with Gasteiger partial charge < -0.3 is 21.7 Å². The third-order valence-electron chi connectivity index (χ3n) is 8.40. The number of rotatable bonds is 9. The summed E-state index contributed by atoms with van der Waals surface area (Å²) >= 11 is 0. The van der Waals surface area contributed by atoms with E-state index in [1.807, 2.05) is 19.1 Å². The molecule has 1 fully saturated rings. The van der Waals surface area contributed by atoms with Crippen molar-refractivity contribution in [2.24, 2.45) is 11.5 Å². The lowest BCUT2D eigenvalue weighted by atomic mass is 9.67. The fourth-order valence-corrected chi connectivity index (χ4v) is 6.31. The number of nitrogens with zero attached hydrogens (tertiary/aromatic N) is 5. The molecular weight excluding hydrogens is 522 g/mol. The van der Waals surface area contributed by atoms with E-state index in [2.05, 4.69) is 32.0 Å². The van der Waals surface area contributed by atoms with Crippen LogP contribution in [0.3, 0.4) is 0 Å². The van der Waals surface area contributed by atoms with E-state index in [0.717, 1.165) is 28.7 Å². The molecule has 1 aliphatic heterocycles. The van der Waals surface area contributed by atoms with Crippen molar-refractivity contribution >= 4 is 17.7 Å². The van der Waals surface area contributed by atoms with E-state index >= 15 is 0 Å². The zero-order chi connectivity index (χ0) is 29.1. The second kappa shape index (κ2) is 11.5. The number of nitrogens with one attached hydrogen (secondary N) is 2. The molecule has 1 aliphatic carbocycles. The molecule has 2 aliphatic rings. The molecule has 0 radical (unpaired) electrons. The fourth-order valence-electron chi connectivity index (χ4n) is 6.31. The van der Waals surface area contributed by atoms with Crippen LogP contribution in [0.2, 0.25) is 0 Å². The molecule has 5 rings (SSSR count). The molecular formula is C29H33N9O3. The van der Waals surface area contributed by atoms with Gasteiger partial charge in [0.05, 0.1) is 18.0 Å². The first-order valence-electron chi connectivity index (χ1n) is 13.8.